The molecule has 0 atom stereocenters. The van der Waals surface area contributed by atoms with Crippen LogP contribution in [0.25, 0.3) is 0 Å². The van der Waals surface area contributed by atoms with E-state index in [4.69, 9.17) is 0 Å². The van der Waals surface area contributed by atoms with Crippen molar-refractivity contribution in [2.24, 2.45) is 0 Å². The Morgan fingerprint density at radius 2 is 1.75 bits per heavy atom. The molecule has 16 heavy (non-hydrogen) atoms. The fourth-order valence-corrected chi connectivity index (χ4v) is 2.98. The first-order valence-corrected chi connectivity index (χ1v) is 6.24. The van der Waals surface area contributed by atoms with Gasteiger partial charge in [-0.2, -0.15) is 0 Å². The van der Waals surface area contributed by atoms with Gasteiger partial charge in [0.2, 0.25) is 0 Å². The highest BCUT2D eigenvalue weighted by Crippen LogP contribution is 2.36. The molecule has 1 aromatic carbocycles. The Hall–Kier alpha value is -0.530. The lowest BCUT2D eigenvalue weighted by molar-refractivity contribution is -0.665. The van der Waals surface area contributed by atoms with E-state index in [1.165, 1.54) is 38.8 Å². The van der Waals surface area contributed by atoms with Crippen molar-refractivity contribution in [2.45, 2.75) is 38.0 Å². The number of benzene rings is 1. The highest BCUT2D eigenvalue weighted by atomic mass is 35.5. The standard InChI is InChI=1S/C14H21N.ClH/c1-2-8-14(9-11-15-12-10-14)13-6-4-3-5-7-13;/h3-7,15H,2,8-12H2,1H3;1H. The second-order valence-electron chi connectivity index (χ2n) is 4.76. The monoisotopic (exact) mass is 239 g/mol. The third-order valence-electron chi connectivity index (χ3n) is 3.77. The van der Waals surface area contributed by atoms with Crippen LogP contribution >= 0.6 is 0 Å². The van der Waals surface area contributed by atoms with Crippen LogP contribution in [-0.4, -0.2) is 13.1 Å². The van der Waals surface area contributed by atoms with Crippen molar-refractivity contribution in [3.63, 3.8) is 0 Å². The van der Waals surface area contributed by atoms with E-state index in [1.807, 2.05) is 0 Å². The van der Waals surface area contributed by atoms with Crippen LogP contribution < -0.4 is 17.7 Å². The van der Waals surface area contributed by atoms with Gasteiger partial charge in [0.25, 0.3) is 0 Å². The van der Waals surface area contributed by atoms with Gasteiger partial charge in [-0.3, -0.25) is 0 Å². The average molecular weight is 240 g/mol. The lowest BCUT2D eigenvalue weighted by atomic mass is 9.70. The van der Waals surface area contributed by atoms with Crippen LogP contribution in [-0.2, 0) is 5.41 Å². The van der Waals surface area contributed by atoms with Gasteiger partial charge >= 0.3 is 0 Å². The van der Waals surface area contributed by atoms with Gasteiger partial charge in [0.15, 0.2) is 0 Å². The van der Waals surface area contributed by atoms with Gasteiger partial charge < -0.3 is 17.7 Å². The summed E-state index contributed by atoms with van der Waals surface area (Å²) in [6.45, 7) is 4.91. The molecule has 0 radical (unpaired) electrons. The summed E-state index contributed by atoms with van der Waals surface area (Å²) in [4.78, 5) is 0. The molecule has 2 heteroatoms. The Bertz CT molecular complexity index is 285. The van der Waals surface area contributed by atoms with E-state index in [0.29, 0.717) is 5.41 Å². The van der Waals surface area contributed by atoms with Crippen LogP contribution in [0.5, 0.6) is 0 Å². The maximum absolute atomic E-state index is 2.46. The van der Waals surface area contributed by atoms with E-state index in [1.54, 1.807) is 5.56 Å². The van der Waals surface area contributed by atoms with Gasteiger partial charge in [0, 0.05) is 18.3 Å². The summed E-state index contributed by atoms with van der Waals surface area (Å²) in [6, 6.07) is 11.1. The minimum atomic E-state index is 0. The van der Waals surface area contributed by atoms with Crippen LogP contribution in [0.1, 0.15) is 38.2 Å². The summed E-state index contributed by atoms with van der Waals surface area (Å²) in [5.41, 5.74) is 2.06. The first-order chi connectivity index (χ1) is 7.37. The molecular weight excluding hydrogens is 218 g/mol. The van der Waals surface area contributed by atoms with Gasteiger partial charge in [-0.05, 0) is 12.0 Å². The van der Waals surface area contributed by atoms with E-state index < -0.39 is 0 Å². The summed E-state index contributed by atoms with van der Waals surface area (Å²) in [7, 11) is 0. The minimum Gasteiger partial charge on any atom is -1.00 e. The molecule has 1 saturated heterocycles. The molecule has 1 aliphatic rings. The highest BCUT2D eigenvalue weighted by Gasteiger charge is 2.34. The smallest absolute Gasteiger partial charge is 0.0764 e. The van der Waals surface area contributed by atoms with Crippen LogP contribution in [0.15, 0.2) is 30.3 Å². The van der Waals surface area contributed by atoms with E-state index >= 15 is 0 Å². The van der Waals surface area contributed by atoms with Crippen LogP contribution in [0, 0.1) is 0 Å². The molecule has 2 rings (SSSR count). The van der Waals surface area contributed by atoms with Crippen molar-refractivity contribution >= 4 is 0 Å². The van der Waals surface area contributed by atoms with Crippen LogP contribution in [0.3, 0.4) is 0 Å². The Balaban J connectivity index is 0.00000128. The average Bonchev–Trinajstić information content (AvgIpc) is 2.32. The minimum absolute atomic E-state index is 0. The van der Waals surface area contributed by atoms with Crippen molar-refractivity contribution in [2.75, 3.05) is 13.1 Å². The van der Waals surface area contributed by atoms with Gasteiger partial charge in [-0.25, -0.2) is 0 Å². The number of rotatable bonds is 3. The predicted molar refractivity (Wildman–Crippen MR) is 63.9 cm³/mol. The van der Waals surface area contributed by atoms with Crippen molar-refractivity contribution in [3.05, 3.63) is 35.9 Å². The molecule has 0 bridgehead atoms. The Morgan fingerprint density at radius 1 is 1.12 bits per heavy atom. The lowest BCUT2D eigenvalue weighted by Crippen LogP contribution is -3.00. The fourth-order valence-electron chi connectivity index (χ4n) is 2.98. The summed E-state index contributed by atoms with van der Waals surface area (Å²) in [5.74, 6) is 0. The van der Waals surface area contributed by atoms with E-state index in [2.05, 4.69) is 42.6 Å². The summed E-state index contributed by atoms with van der Waals surface area (Å²) in [6.07, 6.45) is 5.36. The molecule has 1 nitrogen and oxygen atoms in total. The first kappa shape index (κ1) is 13.5. The van der Waals surface area contributed by atoms with Crippen molar-refractivity contribution in [1.29, 1.82) is 0 Å². The van der Waals surface area contributed by atoms with Crippen molar-refractivity contribution in [1.82, 2.24) is 0 Å². The maximum Gasteiger partial charge on any atom is 0.0764 e. The molecule has 1 aromatic rings. The fraction of sp³-hybridized carbons (Fsp3) is 0.571. The largest absolute Gasteiger partial charge is 1.00 e. The number of halogens is 1. The zero-order valence-electron chi connectivity index (χ0n) is 10.1. The molecule has 90 valence electrons. The van der Waals surface area contributed by atoms with E-state index in [9.17, 15) is 0 Å². The van der Waals surface area contributed by atoms with Gasteiger partial charge in [0.05, 0.1) is 13.1 Å². The van der Waals surface area contributed by atoms with Crippen molar-refractivity contribution in [3.8, 4) is 0 Å². The predicted octanol–water partition coefficient (Wildman–Crippen LogP) is -0.914. The molecule has 0 spiro atoms. The molecule has 0 aromatic heterocycles. The molecule has 0 amide bonds. The van der Waals surface area contributed by atoms with Gasteiger partial charge in [-0.15, -0.1) is 0 Å². The van der Waals surface area contributed by atoms with Crippen LogP contribution in [0.2, 0.25) is 0 Å². The first-order valence-electron chi connectivity index (χ1n) is 6.24. The summed E-state index contributed by atoms with van der Waals surface area (Å²) < 4.78 is 0. The number of nitrogens with two attached hydrogens (primary N) is 1. The molecule has 0 unspecified atom stereocenters. The summed E-state index contributed by atoms with van der Waals surface area (Å²) >= 11 is 0. The number of hydrogen-bond acceptors (Lipinski definition) is 0. The molecule has 1 heterocycles. The number of hydrogen-bond donors (Lipinski definition) is 1. The molecule has 1 aliphatic heterocycles. The number of quaternary nitrogens is 1. The molecule has 1 fully saturated rings. The Kier molecular flexibility index (Phi) is 5.30. The normalized spacial score (nSPS) is 18.8. The summed E-state index contributed by atoms with van der Waals surface area (Å²) in [5, 5.41) is 2.46. The molecule has 0 aliphatic carbocycles. The third-order valence-corrected chi connectivity index (χ3v) is 3.77. The topological polar surface area (TPSA) is 16.6 Å². The zero-order valence-corrected chi connectivity index (χ0v) is 10.8. The zero-order chi connectivity index (χ0) is 10.6. The molecular formula is C14H22ClN. The lowest BCUT2D eigenvalue weighted by Gasteiger charge is -2.36. The van der Waals surface area contributed by atoms with Crippen molar-refractivity contribution < 1.29 is 17.7 Å². The van der Waals surface area contributed by atoms with E-state index in [0.717, 1.165) is 0 Å². The van der Waals surface area contributed by atoms with Crippen LogP contribution in [0.4, 0.5) is 0 Å². The second kappa shape index (κ2) is 6.27. The molecule has 2 N–H and O–H groups in total. The second-order valence-corrected chi connectivity index (χ2v) is 4.76. The van der Waals surface area contributed by atoms with Gasteiger partial charge in [-0.1, -0.05) is 43.7 Å². The quantitative estimate of drug-likeness (QED) is 0.703. The van der Waals surface area contributed by atoms with Gasteiger partial charge in [0.1, 0.15) is 0 Å². The van der Waals surface area contributed by atoms with E-state index in [-0.39, 0.29) is 12.4 Å². The SMILES string of the molecule is CCCC1(c2ccccc2)CC[NH2+]CC1.[Cl-]. The Morgan fingerprint density at radius 3 is 2.31 bits per heavy atom. The highest BCUT2D eigenvalue weighted by molar-refractivity contribution is 5.25. The third kappa shape index (κ3) is 2.78. The Labute approximate surface area is 105 Å². The molecule has 0 saturated carbocycles. The number of piperidine rings is 1. The maximum atomic E-state index is 2.46.